The van der Waals surface area contributed by atoms with Crippen molar-refractivity contribution in [2.75, 3.05) is 39.2 Å². The van der Waals surface area contributed by atoms with Gasteiger partial charge in [0.2, 0.25) is 0 Å². The molecule has 0 aromatic heterocycles. The van der Waals surface area contributed by atoms with E-state index in [9.17, 15) is 4.79 Å². The number of carbonyl (C=O) groups is 1. The van der Waals surface area contributed by atoms with Crippen molar-refractivity contribution >= 4 is 23.2 Å². The number of halogens is 1. The minimum atomic E-state index is -0.0573. The van der Waals surface area contributed by atoms with Gasteiger partial charge in [-0.2, -0.15) is 0 Å². The Bertz CT molecular complexity index is 424. The van der Waals surface area contributed by atoms with Gasteiger partial charge < -0.3 is 15.0 Å². The summed E-state index contributed by atoms with van der Waals surface area (Å²) in [5.74, 6) is -0.0573. The Hall–Kier alpha value is -1.26. The van der Waals surface area contributed by atoms with Crippen molar-refractivity contribution in [2.45, 2.75) is 13.3 Å². The number of ether oxygens (including phenoxy) is 1. The zero-order valence-electron chi connectivity index (χ0n) is 11.7. The molecule has 1 rings (SSSR count). The van der Waals surface area contributed by atoms with E-state index in [1.807, 2.05) is 6.07 Å². The fourth-order valence-electron chi connectivity index (χ4n) is 1.64. The number of nitrogens with zero attached hydrogens (tertiary/aromatic N) is 1. The normalized spacial score (nSPS) is 10.3. The monoisotopic (exact) mass is 284 g/mol. The van der Waals surface area contributed by atoms with E-state index in [0.717, 1.165) is 18.7 Å². The van der Waals surface area contributed by atoms with Crippen LogP contribution in [0.1, 0.15) is 23.7 Å². The Kier molecular flexibility index (Phi) is 6.67. The second kappa shape index (κ2) is 8.02. The van der Waals surface area contributed by atoms with Crippen LogP contribution in [-0.4, -0.2) is 44.7 Å². The smallest absolute Gasteiger partial charge is 0.255 e. The molecule has 0 aliphatic carbocycles. The SMILES string of the molecule is CCCNc1ccc(Cl)cc1C(=O)N(C)CCOC. The molecule has 4 nitrogen and oxygen atoms in total. The van der Waals surface area contributed by atoms with E-state index < -0.39 is 0 Å². The Labute approximate surface area is 119 Å². The van der Waals surface area contributed by atoms with Gasteiger partial charge in [0.05, 0.1) is 12.2 Å². The lowest BCUT2D eigenvalue weighted by Crippen LogP contribution is -2.30. The number of carbonyl (C=O) groups excluding carboxylic acids is 1. The Balaban J connectivity index is 2.89. The minimum Gasteiger partial charge on any atom is -0.384 e. The number of likely N-dealkylation sites (N-methyl/N-ethyl adjacent to an activating group) is 1. The first-order valence-corrected chi connectivity index (χ1v) is 6.75. The summed E-state index contributed by atoms with van der Waals surface area (Å²) < 4.78 is 4.98. The molecule has 0 fully saturated rings. The van der Waals surface area contributed by atoms with Crippen molar-refractivity contribution in [2.24, 2.45) is 0 Å². The van der Waals surface area contributed by atoms with Gasteiger partial charge in [0.15, 0.2) is 0 Å². The molecule has 0 spiro atoms. The lowest BCUT2D eigenvalue weighted by Gasteiger charge is -2.19. The van der Waals surface area contributed by atoms with E-state index in [1.165, 1.54) is 0 Å². The molecule has 106 valence electrons. The summed E-state index contributed by atoms with van der Waals surface area (Å²) in [4.78, 5) is 14.0. The summed E-state index contributed by atoms with van der Waals surface area (Å²) in [7, 11) is 3.37. The summed E-state index contributed by atoms with van der Waals surface area (Å²) in [6, 6.07) is 5.33. The first-order valence-electron chi connectivity index (χ1n) is 6.38. The molecule has 5 heteroatoms. The predicted octanol–water partition coefficient (Wildman–Crippen LogP) is 2.88. The van der Waals surface area contributed by atoms with E-state index >= 15 is 0 Å². The maximum atomic E-state index is 12.4. The van der Waals surface area contributed by atoms with E-state index in [1.54, 1.807) is 31.2 Å². The molecule has 0 aliphatic rings. The van der Waals surface area contributed by atoms with Gasteiger partial charge in [-0.05, 0) is 24.6 Å². The molecule has 1 aromatic carbocycles. The lowest BCUT2D eigenvalue weighted by atomic mass is 10.1. The van der Waals surface area contributed by atoms with Crippen LogP contribution >= 0.6 is 11.6 Å². The molecular formula is C14H21ClN2O2. The fourth-order valence-corrected chi connectivity index (χ4v) is 1.81. The van der Waals surface area contributed by atoms with E-state index in [4.69, 9.17) is 16.3 Å². The second-order valence-corrected chi connectivity index (χ2v) is 4.77. The molecule has 0 saturated heterocycles. The Morgan fingerprint density at radius 2 is 2.21 bits per heavy atom. The van der Waals surface area contributed by atoms with Crippen LogP contribution in [0.15, 0.2) is 18.2 Å². The molecule has 1 amide bonds. The largest absolute Gasteiger partial charge is 0.384 e. The van der Waals surface area contributed by atoms with Crippen molar-refractivity contribution < 1.29 is 9.53 Å². The van der Waals surface area contributed by atoms with Crippen LogP contribution in [0, 0.1) is 0 Å². The first-order chi connectivity index (χ1) is 9.10. The molecule has 0 unspecified atom stereocenters. The van der Waals surface area contributed by atoms with Crippen LogP contribution in [-0.2, 0) is 4.74 Å². The molecule has 0 aliphatic heterocycles. The third-order valence-electron chi connectivity index (χ3n) is 2.75. The summed E-state index contributed by atoms with van der Waals surface area (Å²) in [5, 5.41) is 3.81. The van der Waals surface area contributed by atoms with Crippen LogP contribution in [0.5, 0.6) is 0 Å². The number of benzene rings is 1. The minimum absolute atomic E-state index is 0.0573. The average molecular weight is 285 g/mol. The number of hydrogen-bond acceptors (Lipinski definition) is 3. The number of amides is 1. The molecule has 19 heavy (non-hydrogen) atoms. The van der Waals surface area contributed by atoms with Crippen LogP contribution in [0.3, 0.4) is 0 Å². The summed E-state index contributed by atoms with van der Waals surface area (Å²) in [6.07, 6.45) is 0.996. The fraction of sp³-hybridized carbons (Fsp3) is 0.500. The molecule has 0 saturated carbocycles. The predicted molar refractivity (Wildman–Crippen MR) is 79.1 cm³/mol. The van der Waals surface area contributed by atoms with Crippen molar-refractivity contribution in [3.05, 3.63) is 28.8 Å². The number of rotatable bonds is 7. The number of nitrogens with one attached hydrogen (secondary N) is 1. The molecule has 0 atom stereocenters. The van der Waals surface area contributed by atoms with Crippen molar-refractivity contribution in [3.8, 4) is 0 Å². The highest BCUT2D eigenvalue weighted by atomic mass is 35.5. The van der Waals surface area contributed by atoms with Gasteiger partial charge >= 0.3 is 0 Å². The van der Waals surface area contributed by atoms with Gasteiger partial charge in [0.1, 0.15) is 0 Å². The van der Waals surface area contributed by atoms with Crippen LogP contribution in [0.2, 0.25) is 5.02 Å². The maximum Gasteiger partial charge on any atom is 0.255 e. The van der Waals surface area contributed by atoms with Crippen molar-refractivity contribution in [3.63, 3.8) is 0 Å². The van der Waals surface area contributed by atoms with Gasteiger partial charge in [-0.25, -0.2) is 0 Å². The van der Waals surface area contributed by atoms with Crippen LogP contribution in [0.4, 0.5) is 5.69 Å². The molecule has 0 bridgehead atoms. The standard InChI is InChI=1S/C14H21ClN2O2/c1-4-7-16-13-6-5-11(15)10-12(13)14(18)17(2)8-9-19-3/h5-6,10,16H,4,7-9H2,1-3H3. The number of methoxy groups -OCH3 is 1. The zero-order chi connectivity index (χ0) is 14.3. The lowest BCUT2D eigenvalue weighted by molar-refractivity contribution is 0.0745. The third-order valence-corrected chi connectivity index (χ3v) is 2.99. The third kappa shape index (κ3) is 4.73. The second-order valence-electron chi connectivity index (χ2n) is 4.34. The Morgan fingerprint density at radius 3 is 2.84 bits per heavy atom. The Morgan fingerprint density at radius 1 is 1.47 bits per heavy atom. The zero-order valence-corrected chi connectivity index (χ0v) is 12.5. The maximum absolute atomic E-state index is 12.4. The molecule has 0 radical (unpaired) electrons. The quantitative estimate of drug-likeness (QED) is 0.837. The molecular weight excluding hydrogens is 264 g/mol. The van der Waals surface area contributed by atoms with Gasteiger partial charge in [-0.1, -0.05) is 18.5 Å². The van der Waals surface area contributed by atoms with Crippen LogP contribution < -0.4 is 5.32 Å². The molecule has 1 N–H and O–H groups in total. The highest BCUT2D eigenvalue weighted by Gasteiger charge is 2.16. The number of anilines is 1. The van der Waals surface area contributed by atoms with Gasteiger partial charge in [-0.3, -0.25) is 4.79 Å². The number of hydrogen-bond donors (Lipinski definition) is 1. The van der Waals surface area contributed by atoms with Crippen molar-refractivity contribution in [1.29, 1.82) is 0 Å². The summed E-state index contributed by atoms with van der Waals surface area (Å²) in [5.41, 5.74) is 1.42. The van der Waals surface area contributed by atoms with Gasteiger partial charge in [0.25, 0.3) is 5.91 Å². The van der Waals surface area contributed by atoms with Crippen LogP contribution in [0.25, 0.3) is 0 Å². The van der Waals surface area contributed by atoms with Crippen molar-refractivity contribution in [1.82, 2.24) is 4.90 Å². The highest BCUT2D eigenvalue weighted by Crippen LogP contribution is 2.22. The van der Waals surface area contributed by atoms with Gasteiger partial charge in [0, 0.05) is 38.0 Å². The topological polar surface area (TPSA) is 41.6 Å². The van der Waals surface area contributed by atoms with Gasteiger partial charge in [-0.15, -0.1) is 0 Å². The highest BCUT2D eigenvalue weighted by molar-refractivity contribution is 6.31. The van der Waals surface area contributed by atoms with E-state index in [2.05, 4.69) is 12.2 Å². The summed E-state index contributed by atoms with van der Waals surface area (Å²) >= 11 is 5.98. The molecule has 0 heterocycles. The first kappa shape index (κ1) is 15.8. The van der Waals surface area contributed by atoms with E-state index in [0.29, 0.717) is 23.7 Å². The molecule has 1 aromatic rings. The van der Waals surface area contributed by atoms with E-state index in [-0.39, 0.29) is 5.91 Å². The summed E-state index contributed by atoms with van der Waals surface area (Å²) in [6.45, 7) is 3.97. The average Bonchev–Trinajstić information content (AvgIpc) is 2.42.